The third kappa shape index (κ3) is 3.06. The van der Waals surface area contributed by atoms with E-state index >= 15 is 0 Å². The first-order valence-electron chi connectivity index (χ1n) is 5.70. The Morgan fingerprint density at radius 3 is 2.00 bits per heavy atom. The smallest absolute Gasteiger partial charge is 0.327 e. The minimum absolute atomic E-state index is 0.922. The van der Waals surface area contributed by atoms with Gasteiger partial charge in [0.15, 0.2) is 0 Å². The lowest BCUT2D eigenvalue weighted by Crippen LogP contribution is -1.94. The van der Waals surface area contributed by atoms with Crippen molar-refractivity contribution in [2.75, 3.05) is 0 Å². The summed E-state index contributed by atoms with van der Waals surface area (Å²) in [5, 5.41) is 0. The Morgan fingerprint density at radius 1 is 0.941 bits per heavy atom. The fourth-order valence-corrected chi connectivity index (χ4v) is 2.01. The zero-order valence-electron chi connectivity index (χ0n) is 10.7. The van der Waals surface area contributed by atoms with Gasteiger partial charge < -0.3 is 4.74 Å². The topological polar surface area (TPSA) is 20.5 Å². The second-order valence-corrected chi connectivity index (χ2v) is 4.37. The first-order valence-corrected chi connectivity index (χ1v) is 5.70. The number of hydrogen-bond acceptors (Lipinski definition) is 1. The van der Waals surface area contributed by atoms with E-state index < -0.39 is 0 Å². The molecule has 2 heterocycles. The van der Waals surface area contributed by atoms with E-state index in [2.05, 4.69) is 6.08 Å². The van der Waals surface area contributed by atoms with E-state index in [1.807, 2.05) is 52.0 Å². The van der Waals surface area contributed by atoms with Crippen LogP contribution in [0.1, 0.15) is 30.9 Å². The molecule has 0 spiro atoms. The largest absolute Gasteiger partial charge is 0.467 e. The summed E-state index contributed by atoms with van der Waals surface area (Å²) in [5.41, 5.74) is 2.30. The predicted octanol–water partition coefficient (Wildman–Crippen LogP) is 4.40. The van der Waals surface area contributed by atoms with Crippen LogP contribution in [0.4, 0.5) is 0 Å². The molecule has 1 aromatic heterocycles. The minimum Gasteiger partial charge on any atom is -0.467 e. The molecule has 88 valence electrons. The molecule has 2 nitrogen and oxygen atoms in total. The third-order valence-electron chi connectivity index (χ3n) is 2.46. The summed E-state index contributed by atoms with van der Waals surface area (Å²) in [4.78, 5) is 0. The lowest BCUT2D eigenvalue weighted by molar-refractivity contribution is 0.304. The Morgan fingerprint density at radius 2 is 1.47 bits per heavy atom. The molecule has 0 saturated heterocycles. The summed E-state index contributed by atoms with van der Waals surface area (Å²) in [6, 6.07) is 4.06. The lowest BCUT2D eigenvalue weighted by Gasteiger charge is -2.12. The zero-order valence-corrected chi connectivity index (χ0v) is 10.7. The molecule has 17 heavy (non-hydrogen) atoms. The van der Waals surface area contributed by atoms with E-state index in [4.69, 9.17) is 9.15 Å². The first kappa shape index (κ1) is 11.6. The van der Waals surface area contributed by atoms with Crippen LogP contribution < -0.4 is 0 Å². The van der Waals surface area contributed by atoms with Crippen LogP contribution >= 0.6 is 0 Å². The average molecular weight is 229 g/mol. The highest BCUT2D eigenvalue weighted by Crippen LogP contribution is 2.21. The van der Waals surface area contributed by atoms with E-state index in [9.17, 15) is 0 Å². The normalized spacial score (nSPS) is 14.9. The van der Waals surface area contributed by atoms with E-state index in [0.717, 1.165) is 34.2 Å². The van der Waals surface area contributed by atoms with Crippen molar-refractivity contribution in [1.82, 2.24) is 0 Å². The van der Waals surface area contributed by atoms with Crippen molar-refractivity contribution in [3.8, 4) is 0 Å². The molecule has 1 aliphatic rings. The van der Waals surface area contributed by atoms with Crippen LogP contribution in [-0.2, 0) is 4.74 Å². The average Bonchev–Trinajstić information content (AvgIpc) is 2.13. The van der Waals surface area contributed by atoms with Crippen LogP contribution in [0.2, 0.25) is 0 Å². The zero-order chi connectivity index (χ0) is 12.4. The van der Waals surface area contributed by atoms with E-state index in [-0.39, 0.29) is 0 Å². The number of allylic oxidation sites excluding steroid dienone is 5. The SMILES string of the molecule is CC1=CC(=Cc2cc(C)[o+]c(C)c2)C=C(C)O1. The molecule has 0 aliphatic carbocycles. The van der Waals surface area contributed by atoms with E-state index in [1.54, 1.807) is 0 Å². The van der Waals surface area contributed by atoms with Crippen LogP contribution in [0.25, 0.3) is 6.08 Å². The molecule has 2 rings (SSSR count). The van der Waals surface area contributed by atoms with E-state index in [1.165, 1.54) is 0 Å². The number of hydrogen-bond donors (Lipinski definition) is 0. The standard InChI is InChI=1S/C15H17O2/c1-10-5-14(6-11(2)16-10)9-15-7-12(3)17-13(4)8-15/h5-9H,1-4H3/q+1. The van der Waals surface area contributed by atoms with Gasteiger partial charge in [0.1, 0.15) is 11.5 Å². The van der Waals surface area contributed by atoms with Gasteiger partial charge in [0.05, 0.1) is 13.8 Å². The maximum Gasteiger partial charge on any atom is 0.327 e. The summed E-state index contributed by atoms with van der Waals surface area (Å²) in [6.45, 7) is 7.84. The van der Waals surface area contributed by atoms with Crippen LogP contribution in [-0.4, -0.2) is 0 Å². The summed E-state index contributed by atoms with van der Waals surface area (Å²) in [7, 11) is 0. The van der Waals surface area contributed by atoms with Gasteiger partial charge in [0.25, 0.3) is 0 Å². The highest BCUT2D eigenvalue weighted by Gasteiger charge is 2.08. The van der Waals surface area contributed by atoms with Crippen molar-refractivity contribution in [1.29, 1.82) is 0 Å². The summed E-state index contributed by atoms with van der Waals surface area (Å²) in [5.74, 6) is 3.69. The van der Waals surface area contributed by atoms with Crippen LogP contribution in [0.3, 0.4) is 0 Å². The van der Waals surface area contributed by atoms with Gasteiger partial charge in [-0.3, -0.25) is 0 Å². The van der Waals surface area contributed by atoms with Crippen molar-refractivity contribution in [3.05, 3.63) is 58.5 Å². The van der Waals surface area contributed by atoms with Crippen LogP contribution in [0.15, 0.2) is 45.8 Å². The summed E-state index contributed by atoms with van der Waals surface area (Å²) >= 11 is 0. The van der Waals surface area contributed by atoms with Crippen LogP contribution in [0.5, 0.6) is 0 Å². The van der Waals surface area contributed by atoms with Gasteiger partial charge in [0.2, 0.25) is 0 Å². The molecule has 1 aliphatic heterocycles. The number of rotatable bonds is 1. The number of aryl methyl sites for hydroxylation is 2. The molecule has 0 amide bonds. The van der Waals surface area contributed by atoms with Gasteiger partial charge in [-0.2, -0.15) is 0 Å². The molecule has 0 radical (unpaired) electrons. The molecular weight excluding hydrogens is 212 g/mol. The van der Waals surface area contributed by atoms with Gasteiger partial charge in [-0.05, 0) is 43.2 Å². The summed E-state index contributed by atoms with van der Waals surface area (Å²) in [6.07, 6.45) is 6.19. The molecule has 1 aromatic rings. The molecule has 0 fully saturated rings. The quantitative estimate of drug-likeness (QED) is 0.665. The monoisotopic (exact) mass is 229 g/mol. The Bertz CT molecular complexity index is 494. The van der Waals surface area contributed by atoms with Crippen molar-refractivity contribution in [2.45, 2.75) is 27.7 Å². The molecular formula is C15H17O2+. The highest BCUT2D eigenvalue weighted by atomic mass is 16.5. The first-order chi connectivity index (χ1) is 8.02. The minimum atomic E-state index is 0.922. The maximum absolute atomic E-state index is 5.46. The van der Waals surface area contributed by atoms with Crippen molar-refractivity contribution in [2.24, 2.45) is 0 Å². The fraction of sp³-hybridized carbons (Fsp3) is 0.267. The number of ether oxygens (including phenoxy) is 1. The van der Waals surface area contributed by atoms with Crippen molar-refractivity contribution < 1.29 is 9.15 Å². The Kier molecular flexibility index (Phi) is 3.14. The Labute approximate surface area is 102 Å². The maximum atomic E-state index is 5.46. The lowest BCUT2D eigenvalue weighted by atomic mass is 10.1. The van der Waals surface area contributed by atoms with Crippen molar-refractivity contribution in [3.63, 3.8) is 0 Å². The van der Waals surface area contributed by atoms with Crippen molar-refractivity contribution >= 4 is 6.08 Å². The molecule has 0 saturated carbocycles. The molecule has 0 unspecified atom stereocenters. The van der Waals surface area contributed by atoms with Gasteiger partial charge in [-0.15, -0.1) is 0 Å². The second kappa shape index (κ2) is 4.58. The van der Waals surface area contributed by atoms with Gasteiger partial charge in [-0.1, -0.05) is 0 Å². The molecule has 0 N–H and O–H groups in total. The Hall–Kier alpha value is -1.83. The third-order valence-corrected chi connectivity index (χ3v) is 2.46. The fourth-order valence-electron chi connectivity index (χ4n) is 2.01. The van der Waals surface area contributed by atoms with Gasteiger partial charge >= 0.3 is 11.5 Å². The molecule has 0 bridgehead atoms. The van der Waals surface area contributed by atoms with Gasteiger partial charge in [-0.25, -0.2) is 4.42 Å². The Balaban J connectivity index is 2.38. The van der Waals surface area contributed by atoms with Crippen LogP contribution in [0, 0.1) is 13.8 Å². The predicted molar refractivity (Wildman–Crippen MR) is 69.2 cm³/mol. The summed E-state index contributed by atoms with van der Waals surface area (Å²) < 4.78 is 10.9. The molecule has 0 atom stereocenters. The van der Waals surface area contributed by atoms with E-state index in [0.29, 0.717) is 0 Å². The highest BCUT2D eigenvalue weighted by molar-refractivity contribution is 5.60. The molecule has 0 aromatic carbocycles. The molecule has 2 heteroatoms. The van der Waals surface area contributed by atoms with Gasteiger partial charge in [0, 0.05) is 12.1 Å². The second-order valence-electron chi connectivity index (χ2n) is 4.37.